The number of thiophene rings is 1. The van der Waals surface area contributed by atoms with Gasteiger partial charge in [0.1, 0.15) is 12.1 Å². The first-order chi connectivity index (χ1) is 9.91. The van der Waals surface area contributed by atoms with E-state index < -0.39 is 6.04 Å². The average Bonchev–Trinajstić information content (AvgIpc) is 2.91. The first-order valence-electron chi connectivity index (χ1n) is 7.55. The van der Waals surface area contributed by atoms with Gasteiger partial charge in [-0.25, -0.2) is 0 Å². The number of amides is 2. The van der Waals surface area contributed by atoms with E-state index in [1.54, 1.807) is 16.2 Å². The fourth-order valence-electron chi connectivity index (χ4n) is 2.81. The summed E-state index contributed by atoms with van der Waals surface area (Å²) in [6.45, 7) is 8.53. The van der Waals surface area contributed by atoms with Crippen LogP contribution in [-0.4, -0.2) is 35.3 Å². The molecule has 1 N–H and O–H groups in total. The highest BCUT2D eigenvalue weighted by Crippen LogP contribution is 2.21. The molecule has 21 heavy (non-hydrogen) atoms. The Balaban J connectivity index is 2.17. The molecule has 2 rings (SSSR count). The number of carbonyl (C=O) groups is 2. The highest BCUT2D eigenvalue weighted by molar-refractivity contribution is 7.09. The Hall–Kier alpha value is -1.36. The zero-order chi connectivity index (χ0) is 15.6. The quantitative estimate of drug-likeness (QED) is 0.907. The molecule has 5 heteroatoms. The van der Waals surface area contributed by atoms with E-state index in [0.29, 0.717) is 6.54 Å². The summed E-state index contributed by atoms with van der Waals surface area (Å²) in [7, 11) is 0. The van der Waals surface area contributed by atoms with Crippen molar-refractivity contribution in [2.75, 3.05) is 6.54 Å². The molecule has 2 unspecified atom stereocenters. The van der Waals surface area contributed by atoms with Gasteiger partial charge in [0.05, 0.1) is 0 Å². The number of piperazine rings is 1. The van der Waals surface area contributed by atoms with Crippen molar-refractivity contribution in [3.8, 4) is 0 Å². The van der Waals surface area contributed by atoms with E-state index >= 15 is 0 Å². The van der Waals surface area contributed by atoms with E-state index in [9.17, 15) is 9.59 Å². The second kappa shape index (κ2) is 6.60. The van der Waals surface area contributed by atoms with Gasteiger partial charge in [-0.05, 0) is 29.7 Å². The third kappa shape index (κ3) is 3.46. The Bertz CT molecular complexity index is 496. The molecular weight excluding hydrogens is 284 g/mol. The minimum Gasteiger partial charge on any atom is -0.342 e. The van der Waals surface area contributed by atoms with Crippen LogP contribution in [0.5, 0.6) is 0 Å². The summed E-state index contributed by atoms with van der Waals surface area (Å²) in [6.07, 6.45) is 0.810. The molecule has 2 amide bonds. The van der Waals surface area contributed by atoms with Gasteiger partial charge in [-0.1, -0.05) is 33.8 Å². The Morgan fingerprint density at radius 1 is 1.24 bits per heavy atom. The average molecular weight is 308 g/mol. The van der Waals surface area contributed by atoms with Gasteiger partial charge in [0, 0.05) is 11.4 Å². The monoisotopic (exact) mass is 308 g/mol. The van der Waals surface area contributed by atoms with Crippen molar-refractivity contribution in [2.45, 2.75) is 46.2 Å². The first kappa shape index (κ1) is 16.0. The molecule has 4 nitrogen and oxygen atoms in total. The van der Waals surface area contributed by atoms with Gasteiger partial charge in [0.25, 0.3) is 0 Å². The van der Waals surface area contributed by atoms with Crippen molar-refractivity contribution >= 4 is 23.2 Å². The van der Waals surface area contributed by atoms with Gasteiger partial charge in [-0.2, -0.15) is 0 Å². The Kier molecular flexibility index (Phi) is 5.04. The summed E-state index contributed by atoms with van der Waals surface area (Å²) in [5, 5.41) is 4.93. The van der Waals surface area contributed by atoms with Gasteiger partial charge in [-0.3, -0.25) is 9.59 Å². The van der Waals surface area contributed by atoms with Crippen LogP contribution in [0.3, 0.4) is 0 Å². The van der Waals surface area contributed by atoms with Crippen molar-refractivity contribution < 1.29 is 9.59 Å². The summed E-state index contributed by atoms with van der Waals surface area (Å²) in [5.74, 6) is 0.263. The number of carbonyl (C=O) groups excluding carboxylic acids is 2. The Morgan fingerprint density at radius 3 is 2.48 bits per heavy atom. The molecule has 1 aromatic rings. The van der Waals surface area contributed by atoms with Crippen molar-refractivity contribution in [3.63, 3.8) is 0 Å². The summed E-state index contributed by atoms with van der Waals surface area (Å²) in [4.78, 5) is 28.1. The molecule has 1 saturated heterocycles. The standard InChI is InChI=1S/C16H24N2O2S/c1-10(2)13-16(20)18(8-7-12-6-5-9-21-12)14(11(3)4)15(19)17-13/h5-6,9-11,13-14H,7-8H2,1-4H3,(H,17,19). The number of hydrogen-bond donors (Lipinski definition) is 1. The van der Waals surface area contributed by atoms with Gasteiger partial charge in [0.15, 0.2) is 0 Å². The molecule has 1 aliphatic rings. The van der Waals surface area contributed by atoms with Crippen molar-refractivity contribution in [2.24, 2.45) is 11.8 Å². The maximum Gasteiger partial charge on any atom is 0.246 e. The molecular formula is C16H24N2O2S. The molecule has 0 radical (unpaired) electrons. The number of nitrogens with one attached hydrogen (secondary N) is 1. The normalized spacial score (nSPS) is 23.0. The second-order valence-electron chi connectivity index (χ2n) is 6.28. The summed E-state index contributed by atoms with van der Waals surface area (Å²) in [5.41, 5.74) is 0. The highest BCUT2D eigenvalue weighted by atomic mass is 32.1. The van der Waals surface area contributed by atoms with Crippen LogP contribution in [0.2, 0.25) is 0 Å². The van der Waals surface area contributed by atoms with E-state index in [1.165, 1.54) is 4.88 Å². The molecule has 2 atom stereocenters. The summed E-state index contributed by atoms with van der Waals surface area (Å²) in [6, 6.07) is 3.34. The van der Waals surface area contributed by atoms with Crippen LogP contribution in [0.1, 0.15) is 32.6 Å². The lowest BCUT2D eigenvalue weighted by Gasteiger charge is -2.42. The fourth-order valence-corrected chi connectivity index (χ4v) is 3.51. The minimum absolute atomic E-state index is 0.0190. The predicted molar refractivity (Wildman–Crippen MR) is 85.1 cm³/mol. The Morgan fingerprint density at radius 2 is 1.95 bits per heavy atom. The second-order valence-corrected chi connectivity index (χ2v) is 7.31. The van der Waals surface area contributed by atoms with Crippen LogP contribution in [0, 0.1) is 11.8 Å². The number of hydrogen-bond acceptors (Lipinski definition) is 3. The van der Waals surface area contributed by atoms with E-state index in [0.717, 1.165) is 6.42 Å². The lowest BCUT2D eigenvalue weighted by Crippen LogP contribution is -2.66. The maximum absolute atomic E-state index is 12.7. The third-order valence-corrected chi connectivity index (χ3v) is 4.86. The van der Waals surface area contributed by atoms with Gasteiger partial charge >= 0.3 is 0 Å². The van der Waals surface area contributed by atoms with E-state index in [4.69, 9.17) is 0 Å². The topological polar surface area (TPSA) is 49.4 Å². The molecule has 116 valence electrons. The lowest BCUT2D eigenvalue weighted by atomic mass is 9.92. The van der Waals surface area contributed by atoms with Crippen LogP contribution >= 0.6 is 11.3 Å². The van der Waals surface area contributed by atoms with Gasteiger partial charge < -0.3 is 10.2 Å². The Labute approximate surface area is 130 Å². The maximum atomic E-state index is 12.7. The van der Waals surface area contributed by atoms with Crippen LogP contribution in [-0.2, 0) is 16.0 Å². The van der Waals surface area contributed by atoms with Crippen LogP contribution in [0.15, 0.2) is 17.5 Å². The molecule has 0 bridgehead atoms. The van der Waals surface area contributed by atoms with Crippen LogP contribution in [0.4, 0.5) is 0 Å². The summed E-state index contributed by atoms with van der Waals surface area (Å²) < 4.78 is 0. The largest absolute Gasteiger partial charge is 0.342 e. The molecule has 0 aliphatic carbocycles. The molecule has 0 spiro atoms. The third-order valence-electron chi connectivity index (χ3n) is 3.93. The molecule has 1 fully saturated rings. The summed E-state index contributed by atoms with van der Waals surface area (Å²) >= 11 is 1.69. The zero-order valence-corrected chi connectivity index (χ0v) is 13.9. The van der Waals surface area contributed by atoms with Crippen molar-refractivity contribution in [1.82, 2.24) is 10.2 Å². The van der Waals surface area contributed by atoms with Crippen molar-refractivity contribution in [1.29, 1.82) is 0 Å². The SMILES string of the molecule is CC(C)C1NC(=O)C(C(C)C)N(CCc2cccs2)C1=O. The predicted octanol–water partition coefficient (Wildman–Crippen LogP) is 2.30. The van der Waals surface area contributed by atoms with Gasteiger partial charge in [0.2, 0.25) is 11.8 Å². The van der Waals surface area contributed by atoms with Crippen LogP contribution < -0.4 is 5.32 Å². The molecule has 2 heterocycles. The molecule has 1 aromatic heterocycles. The molecule has 1 aliphatic heterocycles. The highest BCUT2D eigenvalue weighted by Gasteiger charge is 2.42. The molecule has 0 saturated carbocycles. The first-order valence-corrected chi connectivity index (χ1v) is 8.43. The van der Waals surface area contributed by atoms with E-state index in [1.807, 2.05) is 39.1 Å². The number of rotatable bonds is 5. The smallest absolute Gasteiger partial charge is 0.246 e. The fraction of sp³-hybridized carbons (Fsp3) is 0.625. The lowest BCUT2D eigenvalue weighted by molar-refractivity contribution is -0.152. The van der Waals surface area contributed by atoms with Crippen LogP contribution in [0.25, 0.3) is 0 Å². The van der Waals surface area contributed by atoms with Crippen molar-refractivity contribution in [3.05, 3.63) is 22.4 Å². The minimum atomic E-state index is -0.393. The zero-order valence-electron chi connectivity index (χ0n) is 13.1. The van der Waals surface area contributed by atoms with E-state index in [-0.39, 0.29) is 29.7 Å². The number of nitrogens with zero attached hydrogens (tertiary/aromatic N) is 1. The van der Waals surface area contributed by atoms with Gasteiger partial charge in [-0.15, -0.1) is 11.3 Å². The van der Waals surface area contributed by atoms with E-state index in [2.05, 4.69) is 11.4 Å². The molecule has 0 aromatic carbocycles.